The number of hydrogen-bond donors (Lipinski definition) is 0. The highest BCUT2D eigenvalue weighted by atomic mass is 19.4. The normalized spacial score (nSPS) is 12.9. The lowest BCUT2D eigenvalue weighted by molar-refractivity contribution is -0.274. The lowest BCUT2D eigenvalue weighted by atomic mass is 9.96. The average Bonchev–Trinajstić information content (AvgIpc) is 2.12. The van der Waals surface area contributed by atoms with Gasteiger partial charge in [0.15, 0.2) is 0 Å². The van der Waals surface area contributed by atoms with E-state index in [0.717, 1.165) is 6.07 Å². The van der Waals surface area contributed by atoms with Crippen molar-refractivity contribution < 1.29 is 31.1 Å². The van der Waals surface area contributed by atoms with E-state index in [4.69, 9.17) is 0 Å². The Hall–Kier alpha value is -1.40. The Morgan fingerprint density at radius 3 is 1.94 bits per heavy atom. The topological polar surface area (TPSA) is 9.23 Å². The predicted molar refractivity (Wildman–Crippen MR) is 52.2 cm³/mol. The largest absolute Gasteiger partial charge is 0.573 e. The molecule has 0 N–H and O–H groups in total. The first-order valence-electron chi connectivity index (χ1n) is 4.97. The van der Waals surface area contributed by atoms with Gasteiger partial charge >= 0.3 is 12.5 Å². The molecule has 0 aliphatic heterocycles. The summed E-state index contributed by atoms with van der Waals surface area (Å²) in [5, 5.41) is 0. The summed E-state index contributed by atoms with van der Waals surface area (Å²) in [7, 11) is 0. The molecule has 0 amide bonds. The third-order valence-corrected chi connectivity index (χ3v) is 2.18. The number of halogens is 6. The van der Waals surface area contributed by atoms with Gasteiger partial charge in [0, 0.05) is 0 Å². The van der Waals surface area contributed by atoms with Gasteiger partial charge in [-0.05, 0) is 29.7 Å². The van der Waals surface area contributed by atoms with Gasteiger partial charge in [0.2, 0.25) is 0 Å². The Balaban J connectivity index is 3.20. The minimum absolute atomic E-state index is 0.232. The number of alkyl halides is 6. The molecule has 0 heterocycles. The van der Waals surface area contributed by atoms with Crippen LogP contribution in [0, 0.1) is 0 Å². The lowest BCUT2D eigenvalue weighted by Crippen LogP contribution is -2.18. The van der Waals surface area contributed by atoms with Crippen LogP contribution in [0.4, 0.5) is 26.3 Å². The number of ether oxygens (including phenoxy) is 1. The highest BCUT2D eigenvalue weighted by Crippen LogP contribution is 2.37. The van der Waals surface area contributed by atoms with E-state index in [1.54, 1.807) is 0 Å². The fourth-order valence-electron chi connectivity index (χ4n) is 1.47. The van der Waals surface area contributed by atoms with Gasteiger partial charge in [-0.2, -0.15) is 13.2 Å². The standard InChI is InChI=1S/C11H10F6O/c1-6(2)8-5-7(18-11(15,16)17)3-4-9(8)10(12,13)14/h3-6H,1-2H3. The fraction of sp³-hybridized carbons (Fsp3) is 0.455. The fourth-order valence-corrected chi connectivity index (χ4v) is 1.47. The van der Waals surface area contributed by atoms with E-state index >= 15 is 0 Å². The summed E-state index contributed by atoms with van der Waals surface area (Å²) >= 11 is 0. The van der Waals surface area contributed by atoms with Crippen LogP contribution in [0.25, 0.3) is 0 Å². The summed E-state index contributed by atoms with van der Waals surface area (Å²) in [6.07, 6.45) is -9.52. The number of rotatable bonds is 2. The maximum absolute atomic E-state index is 12.6. The van der Waals surface area contributed by atoms with Crippen LogP contribution >= 0.6 is 0 Å². The van der Waals surface area contributed by atoms with Crippen LogP contribution in [0.15, 0.2) is 18.2 Å². The van der Waals surface area contributed by atoms with E-state index in [0.29, 0.717) is 12.1 Å². The smallest absolute Gasteiger partial charge is 0.406 e. The van der Waals surface area contributed by atoms with Gasteiger partial charge in [-0.1, -0.05) is 13.8 Å². The quantitative estimate of drug-likeness (QED) is 0.707. The minimum Gasteiger partial charge on any atom is -0.406 e. The molecule has 0 fully saturated rings. The van der Waals surface area contributed by atoms with E-state index in [9.17, 15) is 26.3 Å². The molecule has 0 aromatic heterocycles. The van der Waals surface area contributed by atoms with Crippen molar-refractivity contribution in [3.8, 4) is 5.75 Å². The molecule has 0 bridgehead atoms. The Labute approximate surface area is 99.4 Å². The Kier molecular flexibility index (Phi) is 3.83. The predicted octanol–water partition coefficient (Wildman–Crippen LogP) is 4.73. The number of hydrogen-bond acceptors (Lipinski definition) is 1. The van der Waals surface area contributed by atoms with Crippen molar-refractivity contribution in [2.45, 2.75) is 32.3 Å². The summed E-state index contributed by atoms with van der Waals surface area (Å²) in [5.41, 5.74) is -1.18. The molecule has 0 atom stereocenters. The zero-order valence-corrected chi connectivity index (χ0v) is 9.49. The van der Waals surface area contributed by atoms with Crippen LogP contribution in [-0.4, -0.2) is 6.36 Å². The Morgan fingerprint density at radius 1 is 1.00 bits per heavy atom. The molecule has 18 heavy (non-hydrogen) atoms. The molecule has 1 nitrogen and oxygen atoms in total. The molecule has 7 heteroatoms. The van der Waals surface area contributed by atoms with Crippen molar-refractivity contribution in [3.63, 3.8) is 0 Å². The van der Waals surface area contributed by atoms with Crippen LogP contribution in [0.2, 0.25) is 0 Å². The SMILES string of the molecule is CC(C)c1cc(OC(F)(F)F)ccc1C(F)(F)F. The van der Waals surface area contributed by atoms with E-state index in [1.807, 2.05) is 0 Å². The highest BCUT2D eigenvalue weighted by molar-refractivity contribution is 5.39. The molecule has 0 unspecified atom stereocenters. The first kappa shape index (κ1) is 14.7. The summed E-state index contributed by atoms with van der Waals surface area (Å²) in [6.45, 7) is 2.92. The van der Waals surface area contributed by atoms with Crippen LogP contribution in [-0.2, 0) is 6.18 Å². The van der Waals surface area contributed by atoms with Gasteiger partial charge < -0.3 is 4.74 Å². The number of benzene rings is 1. The van der Waals surface area contributed by atoms with Crippen molar-refractivity contribution in [2.24, 2.45) is 0 Å². The van der Waals surface area contributed by atoms with E-state index in [1.165, 1.54) is 13.8 Å². The van der Waals surface area contributed by atoms with Gasteiger partial charge in [-0.25, -0.2) is 0 Å². The van der Waals surface area contributed by atoms with Crippen molar-refractivity contribution in [1.82, 2.24) is 0 Å². The first-order chi connectivity index (χ1) is 8.00. The summed E-state index contributed by atoms with van der Waals surface area (Å²) in [6, 6.07) is 2.01. The van der Waals surface area contributed by atoms with Gasteiger partial charge in [-0.3, -0.25) is 0 Å². The monoisotopic (exact) mass is 272 g/mol. The molecule has 0 spiro atoms. The van der Waals surface area contributed by atoms with Gasteiger partial charge in [0.05, 0.1) is 5.56 Å². The third-order valence-electron chi connectivity index (χ3n) is 2.18. The molecule has 102 valence electrons. The van der Waals surface area contributed by atoms with Gasteiger partial charge in [-0.15, -0.1) is 13.2 Å². The molecule has 0 saturated heterocycles. The summed E-state index contributed by atoms with van der Waals surface area (Å²) < 4.78 is 77.3. The summed E-state index contributed by atoms with van der Waals surface area (Å²) in [4.78, 5) is 0. The Morgan fingerprint density at radius 2 is 1.56 bits per heavy atom. The minimum atomic E-state index is -4.92. The molecular formula is C11H10F6O. The van der Waals surface area contributed by atoms with Crippen molar-refractivity contribution >= 4 is 0 Å². The van der Waals surface area contributed by atoms with Gasteiger partial charge in [0.1, 0.15) is 5.75 Å². The Bertz CT molecular complexity index is 419. The molecule has 1 rings (SSSR count). The zero-order valence-electron chi connectivity index (χ0n) is 9.49. The molecule has 0 aliphatic carbocycles. The van der Waals surface area contributed by atoms with Crippen LogP contribution in [0.1, 0.15) is 30.9 Å². The molecule has 1 aromatic carbocycles. The van der Waals surface area contributed by atoms with Crippen molar-refractivity contribution in [3.05, 3.63) is 29.3 Å². The maximum atomic E-state index is 12.6. The van der Waals surface area contributed by atoms with E-state index < -0.39 is 29.8 Å². The molecular weight excluding hydrogens is 262 g/mol. The van der Waals surface area contributed by atoms with Crippen LogP contribution in [0.5, 0.6) is 5.75 Å². The van der Waals surface area contributed by atoms with Crippen molar-refractivity contribution in [2.75, 3.05) is 0 Å². The second-order valence-corrected chi connectivity index (χ2v) is 3.95. The van der Waals surface area contributed by atoms with E-state index in [-0.39, 0.29) is 5.56 Å². The second-order valence-electron chi connectivity index (χ2n) is 3.95. The average molecular weight is 272 g/mol. The van der Waals surface area contributed by atoms with Crippen molar-refractivity contribution in [1.29, 1.82) is 0 Å². The first-order valence-corrected chi connectivity index (χ1v) is 4.97. The molecule has 0 radical (unpaired) electrons. The van der Waals surface area contributed by atoms with Crippen LogP contribution < -0.4 is 4.74 Å². The van der Waals surface area contributed by atoms with Crippen LogP contribution in [0.3, 0.4) is 0 Å². The second kappa shape index (κ2) is 4.70. The maximum Gasteiger partial charge on any atom is 0.573 e. The molecule has 0 aliphatic rings. The van der Waals surface area contributed by atoms with E-state index in [2.05, 4.69) is 4.74 Å². The zero-order chi connectivity index (χ0) is 14.1. The third kappa shape index (κ3) is 3.82. The summed E-state index contributed by atoms with van der Waals surface area (Å²) in [5.74, 6) is -1.22. The molecule has 1 aromatic rings. The molecule has 0 saturated carbocycles. The highest BCUT2D eigenvalue weighted by Gasteiger charge is 2.35. The van der Waals surface area contributed by atoms with Gasteiger partial charge in [0.25, 0.3) is 0 Å². The lowest BCUT2D eigenvalue weighted by Gasteiger charge is -2.17.